The van der Waals surface area contributed by atoms with Crippen LogP contribution in [0.5, 0.6) is 0 Å². The van der Waals surface area contributed by atoms with Gasteiger partial charge < -0.3 is 10.0 Å². The normalized spacial score (nSPS) is 20.1. The minimum atomic E-state index is -1.79. The van der Waals surface area contributed by atoms with Gasteiger partial charge in [-0.05, 0) is 40.8 Å². The van der Waals surface area contributed by atoms with Gasteiger partial charge in [0.1, 0.15) is 0 Å². The number of carbonyl (C=O) groups excluding carboxylic acids is 2. The van der Waals surface area contributed by atoms with Crippen LogP contribution in [0.15, 0.2) is 48.5 Å². The topological polar surface area (TPSA) is 57.6 Å². The van der Waals surface area contributed by atoms with E-state index in [-0.39, 0.29) is 12.2 Å². The van der Waals surface area contributed by atoms with E-state index in [9.17, 15) is 14.7 Å². The number of aliphatic hydroxyl groups is 1. The van der Waals surface area contributed by atoms with Gasteiger partial charge in [-0.15, -0.1) is 0 Å². The van der Waals surface area contributed by atoms with Crippen molar-refractivity contribution in [1.82, 2.24) is 0 Å². The molecule has 0 unspecified atom stereocenters. The number of fused-ring (bicyclic) bond motifs is 1. The van der Waals surface area contributed by atoms with E-state index in [1.165, 1.54) is 4.90 Å². The summed E-state index contributed by atoms with van der Waals surface area (Å²) in [5.74, 6) is -0.718. The number of Topliss-reactive ketones (excluding diaryl/α,β-unsaturated/α-hetero) is 1. The molecule has 0 aliphatic carbocycles. The van der Waals surface area contributed by atoms with Gasteiger partial charge in [0.2, 0.25) is 0 Å². The highest BCUT2D eigenvalue weighted by Gasteiger charge is 2.49. The second-order valence-corrected chi connectivity index (χ2v) is 6.59. The number of hydrogen-bond acceptors (Lipinski definition) is 3. The van der Waals surface area contributed by atoms with Gasteiger partial charge in [0.25, 0.3) is 5.91 Å². The van der Waals surface area contributed by atoms with Gasteiger partial charge in [-0.3, -0.25) is 9.59 Å². The lowest BCUT2D eigenvalue weighted by Gasteiger charge is -2.21. The number of rotatable bonds is 3. The van der Waals surface area contributed by atoms with Gasteiger partial charge in [0.05, 0.1) is 12.1 Å². The molecule has 2 aromatic rings. The molecule has 0 spiro atoms. The minimum Gasteiger partial charge on any atom is -0.375 e. The first-order valence-electron chi connectivity index (χ1n) is 6.82. The van der Waals surface area contributed by atoms with Crippen LogP contribution in [0, 0.1) is 3.57 Å². The lowest BCUT2D eigenvalue weighted by atomic mass is 9.88. The second-order valence-electron chi connectivity index (χ2n) is 5.35. The highest BCUT2D eigenvalue weighted by molar-refractivity contribution is 14.1. The number of likely N-dealkylation sites (N-methyl/N-ethyl adjacent to an activating group) is 1. The molecule has 0 saturated heterocycles. The van der Waals surface area contributed by atoms with Gasteiger partial charge in [-0.1, -0.05) is 30.3 Å². The van der Waals surface area contributed by atoms with E-state index in [1.54, 1.807) is 43.4 Å². The Morgan fingerprint density at radius 3 is 2.50 bits per heavy atom. The number of amides is 1. The quantitative estimate of drug-likeness (QED) is 0.629. The number of hydrogen-bond donors (Lipinski definition) is 1. The van der Waals surface area contributed by atoms with Crippen molar-refractivity contribution in [3.8, 4) is 0 Å². The Balaban J connectivity index is 1.95. The number of benzene rings is 2. The summed E-state index contributed by atoms with van der Waals surface area (Å²) in [6, 6.07) is 14.1. The van der Waals surface area contributed by atoms with Crippen molar-refractivity contribution >= 4 is 40.0 Å². The fraction of sp³-hybridized carbons (Fsp3) is 0.176. The first kappa shape index (κ1) is 15.2. The largest absolute Gasteiger partial charge is 0.375 e. The van der Waals surface area contributed by atoms with Crippen molar-refractivity contribution < 1.29 is 14.7 Å². The Morgan fingerprint density at radius 1 is 1.18 bits per heavy atom. The van der Waals surface area contributed by atoms with Crippen molar-refractivity contribution in [3.63, 3.8) is 0 Å². The highest BCUT2D eigenvalue weighted by Crippen LogP contribution is 2.41. The van der Waals surface area contributed by atoms with Gasteiger partial charge >= 0.3 is 0 Å². The SMILES string of the molecule is CN1C(=O)[C@@](O)(CC(=O)c2ccc(I)cc2)c2ccccc21. The molecule has 22 heavy (non-hydrogen) atoms. The number of anilines is 1. The third kappa shape index (κ3) is 2.34. The Bertz CT molecular complexity index is 757. The zero-order chi connectivity index (χ0) is 15.9. The van der Waals surface area contributed by atoms with E-state index in [4.69, 9.17) is 0 Å². The maximum absolute atomic E-state index is 12.4. The number of halogens is 1. The van der Waals surface area contributed by atoms with Crippen LogP contribution >= 0.6 is 22.6 Å². The molecule has 112 valence electrons. The van der Waals surface area contributed by atoms with Crippen molar-refractivity contribution in [3.05, 3.63) is 63.2 Å². The number of carbonyl (C=O) groups is 2. The summed E-state index contributed by atoms with van der Waals surface area (Å²) >= 11 is 2.16. The molecular weight excluding hydrogens is 393 g/mol. The van der Waals surface area contributed by atoms with Gasteiger partial charge in [0, 0.05) is 21.7 Å². The van der Waals surface area contributed by atoms with Crippen LogP contribution in [0.3, 0.4) is 0 Å². The van der Waals surface area contributed by atoms with E-state index < -0.39 is 11.5 Å². The average molecular weight is 407 g/mol. The molecule has 0 bridgehead atoms. The molecule has 0 radical (unpaired) electrons. The van der Waals surface area contributed by atoms with Gasteiger partial charge in [-0.25, -0.2) is 0 Å². The Labute approximate surface area is 141 Å². The fourth-order valence-electron chi connectivity index (χ4n) is 2.76. The third-order valence-corrected chi connectivity index (χ3v) is 4.67. The maximum Gasteiger partial charge on any atom is 0.263 e. The van der Waals surface area contributed by atoms with Crippen LogP contribution in [0.2, 0.25) is 0 Å². The molecule has 1 N–H and O–H groups in total. The molecule has 3 rings (SSSR count). The molecule has 1 amide bonds. The first-order valence-corrected chi connectivity index (χ1v) is 7.90. The summed E-state index contributed by atoms with van der Waals surface area (Å²) in [4.78, 5) is 26.3. The molecule has 2 aromatic carbocycles. The van der Waals surface area contributed by atoms with E-state index in [0.29, 0.717) is 16.8 Å². The zero-order valence-electron chi connectivity index (χ0n) is 11.9. The molecule has 5 heteroatoms. The molecule has 4 nitrogen and oxygen atoms in total. The molecule has 1 aliphatic heterocycles. The first-order chi connectivity index (χ1) is 10.4. The highest BCUT2D eigenvalue weighted by atomic mass is 127. The summed E-state index contributed by atoms with van der Waals surface area (Å²) in [5, 5.41) is 10.9. The second kappa shape index (κ2) is 5.48. The van der Waals surface area contributed by atoms with Crippen molar-refractivity contribution in [1.29, 1.82) is 0 Å². The van der Waals surface area contributed by atoms with Crippen molar-refractivity contribution in [2.24, 2.45) is 0 Å². The molecule has 0 fully saturated rings. The molecular formula is C17H14INO3. The predicted molar refractivity (Wildman–Crippen MR) is 91.9 cm³/mol. The monoisotopic (exact) mass is 407 g/mol. The summed E-state index contributed by atoms with van der Waals surface area (Å²) in [5.41, 5.74) is -0.161. The Morgan fingerprint density at radius 2 is 1.82 bits per heavy atom. The molecule has 1 atom stereocenters. The minimum absolute atomic E-state index is 0.252. The molecule has 0 saturated carbocycles. The van der Waals surface area contributed by atoms with Crippen molar-refractivity contribution in [2.75, 3.05) is 11.9 Å². The molecule has 1 heterocycles. The average Bonchev–Trinajstić information content (AvgIpc) is 2.70. The van der Waals surface area contributed by atoms with Crippen LogP contribution in [0.1, 0.15) is 22.3 Å². The van der Waals surface area contributed by atoms with Crippen molar-refractivity contribution in [2.45, 2.75) is 12.0 Å². The smallest absolute Gasteiger partial charge is 0.263 e. The van der Waals surface area contributed by atoms with E-state index in [1.807, 2.05) is 12.1 Å². The molecule has 0 aromatic heterocycles. The van der Waals surface area contributed by atoms with E-state index in [0.717, 1.165) is 3.57 Å². The van der Waals surface area contributed by atoms with Crippen LogP contribution in [-0.4, -0.2) is 23.8 Å². The standard InChI is InChI=1S/C17H14INO3/c1-19-14-5-3-2-4-13(14)17(22,16(19)21)10-15(20)11-6-8-12(18)9-7-11/h2-9,22H,10H2,1H3/t17-/m1/s1. The lowest BCUT2D eigenvalue weighted by molar-refractivity contribution is -0.135. The van der Waals surface area contributed by atoms with Crippen LogP contribution in [0.4, 0.5) is 5.69 Å². The summed E-state index contributed by atoms with van der Waals surface area (Å²) in [7, 11) is 1.61. The Kier molecular flexibility index (Phi) is 3.78. The summed E-state index contributed by atoms with van der Waals surface area (Å²) < 4.78 is 1.02. The predicted octanol–water partition coefficient (Wildman–Crippen LogP) is 2.73. The number of nitrogens with zero attached hydrogens (tertiary/aromatic N) is 1. The number of ketones is 1. The van der Waals surface area contributed by atoms with E-state index in [2.05, 4.69) is 22.6 Å². The van der Waals surface area contributed by atoms with Gasteiger partial charge in [-0.2, -0.15) is 0 Å². The van der Waals surface area contributed by atoms with E-state index >= 15 is 0 Å². The number of para-hydroxylation sites is 1. The van der Waals surface area contributed by atoms with Crippen LogP contribution < -0.4 is 4.90 Å². The Hall–Kier alpha value is -1.73. The van der Waals surface area contributed by atoms with Crippen LogP contribution in [-0.2, 0) is 10.4 Å². The van der Waals surface area contributed by atoms with Crippen LogP contribution in [0.25, 0.3) is 0 Å². The molecule has 1 aliphatic rings. The maximum atomic E-state index is 12.4. The third-order valence-electron chi connectivity index (χ3n) is 3.95. The van der Waals surface area contributed by atoms with Gasteiger partial charge in [0.15, 0.2) is 11.4 Å². The zero-order valence-corrected chi connectivity index (χ0v) is 14.1. The summed E-state index contributed by atoms with van der Waals surface area (Å²) in [6.07, 6.45) is -0.256. The summed E-state index contributed by atoms with van der Waals surface area (Å²) in [6.45, 7) is 0. The fourth-order valence-corrected chi connectivity index (χ4v) is 3.12. The lowest BCUT2D eigenvalue weighted by Crippen LogP contribution is -2.40.